The number of hydrogen-bond acceptors (Lipinski definition) is 7. The van der Waals surface area contributed by atoms with Crippen LogP contribution in [0.15, 0.2) is 27.6 Å². The monoisotopic (exact) mass is 444 g/mol. The maximum atomic E-state index is 13.4. The second kappa shape index (κ2) is 7.38. The van der Waals surface area contributed by atoms with Crippen LogP contribution in [0.2, 0.25) is 0 Å². The summed E-state index contributed by atoms with van der Waals surface area (Å²) in [6.07, 6.45) is 2.07. The highest BCUT2D eigenvalue weighted by atomic mass is 32.2. The van der Waals surface area contributed by atoms with E-state index in [-0.39, 0.29) is 24.1 Å². The van der Waals surface area contributed by atoms with E-state index in [9.17, 15) is 8.42 Å². The molecule has 1 aliphatic heterocycles. The minimum atomic E-state index is -3.86. The van der Waals surface area contributed by atoms with Gasteiger partial charge in [0.05, 0.1) is 5.56 Å². The lowest BCUT2D eigenvalue weighted by molar-refractivity contribution is 0.174. The molecule has 1 N–H and O–H groups in total. The van der Waals surface area contributed by atoms with Crippen molar-refractivity contribution < 1.29 is 22.4 Å². The Kier molecular flexibility index (Phi) is 4.78. The number of ether oxygens (including phenoxy) is 2. The van der Waals surface area contributed by atoms with E-state index >= 15 is 0 Å². The Morgan fingerprint density at radius 3 is 2.68 bits per heavy atom. The van der Waals surface area contributed by atoms with Crippen LogP contribution in [0, 0.1) is 13.8 Å². The Bertz CT molecular complexity index is 1260. The van der Waals surface area contributed by atoms with Crippen LogP contribution in [0.25, 0.3) is 11.5 Å². The van der Waals surface area contributed by atoms with E-state index in [0.717, 1.165) is 24.1 Å². The van der Waals surface area contributed by atoms with Crippen LogP contribution in [0.4, 0.5) is 0 Å². The average Bonchev–Trinajstić information content (AvgIpc) is 3.19. The molecule has 1 aromatic carbocycles. The smallest absolute Gasteiger partial charge is 0.261 e. The van der Waals surface area contributed by atoms with Crippen molar-refractivity contribution >= 4 is 10.0 Å². The lowest BCUT2D eigenvalue weighted by Gasteiger charge is -2.09. The molecule has 3 heterocycles. The Hall–Kier alpha value is -2.85. The predicted molar refractivity (Wildman–Crippen MR) is 111 cm³/mol. The lowest BCUT2D eigenvalue weighted by atomic mass is 10.2. The molecular formula is C21H24N4O5S. The zero-order valence-corrected chi connectivity index (χ0v) is 18.5. The van der Waals surface area contributed by atoms with Crippen molar-refractivity contribution in [1.29, 1.82) is 0 Å². The van der Waals surface area contributed by atoms with E-state index in [1.807, 2.05) is 24.5 Å². The van der Waals surface area contributed by atoms with Crippen LogP contribution in [-0.2, 0) is 23.1 Å². The van der Waals surface area contributed by atoms with Gasteiger partial charge in [0.2, 0.25) is 16.8 Å². The van der Waals surface area contributed by atoms with Gasteiger partial charge in [0.1, 0.15) is 4.90 Å². The van der Waals surface area contributed by atoms with Gasteiger partial charge in [-0.25, -0.2) is 13.1 Å². The largest absolute Gasteiger partial charge is 0.454 e. The van der Waals surface area contributed by atoms with Crippen LogP contribution in [0.3, 0.4) is 0 Å². The van der Waals surface area contributed by atoms with Gasteiger partial charge in [-0.05, 0) is 51.3 Å². The number of rotatable bonds is 7. The van der Waals surface area contributed by atoms with Gasteiger partial charge in [0, 0.05) is 30.4 Å². The summed E-state index contributed by atoms with van der Waals surface area (Å²) in [4.78, 5) is 4.69. The molecule has 0 spiro atoms. The molecule has 1 aliphatic carbocycles. The number of sulfonamides is 1. The van der Waals surface area contributed by atoms with E-state index in [1.165, 1.54) is 0 Å². The van der Waals surface area contributed by atoms with Gasteiger partial charge in [0.15, 0.2) is 17.3 Å². The third-order valence-corrected chi connectivity index (χ3v) is 7.37. The fourth-order valence-corrected chi connectivity index (χ4v) is 5.56. The number of hydrogen-bond donors (Lipinski definition) is 1. The van der Waals surface area contributed by atoms with E-state index in [0.29, 0.717) is 41.0 Å². The summed E-state index contributed by atoms with van der Waals surface area (Å²) < 4.78 is 47.7. The normalized spacial score (nSPS) is 15.6. The van der Waals surface area contributed by atoms with E-state index in [1.54, 1.807) is 19.1 Å². The number of benzene rings is 1. The molecule has 2 aliphatic rings. The van der Waals surface area contributed by atoms with Gasteiger partial charge in [-0.3, -0.25) is 0 Å². The molecule has 31 heavy (non-hydrogen) atoms. The van der Waals surface area contributed by atoms with Gasteiger partial charge < -0.3 is 18.6 Å². The summed E-state index contributed by atoms with van der Waals surface area (Å²) in [7, 11) is -3.86. The maximum Gasteiger partial charge on any atom is 0.261 e. The average molecular weight is 445 g/mol. The van der Waals surface area contributed by atoms with Crippen LogP contribution in [-0.4, -0.2) is 29.9 Å². The van der Waals surface area contributed by atoms with Gasteiger partial charge in [0.25, 0.3) is 5.89 Å². The molecule has 10 heteroatoms. The van der Waals surface area contributed by atoms with Gasteiger partial charge >= 0.3 is 0 Å². The molecule has 0 unspecified atom stereocenters. The number of nitrogens with one attached hydrogen (secondary N) is 1. The quantitative estimate of drug-likeness (QED) is 0.596. The first-order valence-electron chi connectivity index (χ1n) is 10.3. The molecule has 164 valence electrons. The maximum absolute atomic E-state index is 13.4. The zero-order valence-electron chi connectivity index (χ0n) is 17.6. The fraction of sp³-hybridized carbons (Fsp3) is 0.429. The van der Waals surface area contributed by atoms with Crippen LogP contribution in [0.5, 0.6) is 11.5 Å². The summed E-state index contributed by atoms with van der Waals surface area (Å²) >= 11 is 0. The number of fused-ring (bicyclic) bond motifs is 1. The minimum absolute atomic E-state index is 0.116. The first-order valence-corrected chi connectivity index (χ1v) is 11.8. The highest BCUT2D eigenvalue weighted by Gasteiger charge is 2.34. The summed E-state index contributed by atoms with van der Waals surface area (Å²) in [6, 6.07) is 5.37. The van der Waals surface area contributed by atoms with Crippen molar-refractivity contribution in [1.82, 2.24) is 19.4 Å². The highest BCUT2D eigenvalue weighted by Crippen LogP contribution is 2.41. The van der Waals surface area contributed by atoms with Crippen molar-refractivity contribution in [3.05, 3.63) is 41.0 Å². The number of nitrogens with zero attached hydrogens (tertiary/aromatic N) is 3. The first kappa shape index (κ1) is 20.1. The molecule has 0 atom stereocenters. The first-order chi connectivity index (χ1) is 14.9. The van der Waals surface area contributed by atoms with Crippen molar-refractivity contribution in [3.8, 4) is 23.0 Å². The molecule has 5 rings (SSSR count). The highest BCUT2D eigenvalue weighted by molar-refractivity contribution is 7.89. The van der Waals surface area contributed by atoms with Crippen molar-refractivity contribution in [3.63, 3.8) is 0 Å². The van der Waals surface area contributed by atoms with Crippen molar-refractivity contribution in [2.24, 2.45) is 0 Å². The predicted octanol–water partition coefficient (Wildman–Crippen LogP) is 3.26. The molecule has 0 radical (unpaired) electrons. The minimum Gasteiger partial charge on any atom is -0.454 e. The second-order valence-corrected chi connectivity index (χ2v) is 9.57. The van der Waals surface area contributed by atoms with Crippen LogP contribution < -0.4 is 14.2 Å². The van der Waals surface area contributed by atoms with E-state index < -0.39 is 10.0 Å². The Morgan fingerprint density at radius 2 is 1.94 bits per heavy atom. The topological polar surface area (TPSA) is 108 Å². The van der Waals surface area contributed by atoms with Gasteiger partial charge in [-0.1, -0.05) is 11.2 Å². The Morgan fingerprint density at radius 1 is 1.16 bits per heavy atom. The zero-order chi connectivity index (χ0) is 21.8. The molecule has 0 amide bonds. The molecule has 1 saturated carbocycles. The van der Waals surface area contributed by atoms with Crippen molar-refractivity contribution in [2.45, 2.75) is 57.5 Å². The Balaban J connectivity index is 1.50. The number of aromatic nitrogens is 3. The fourth-order valence-electron chi connectivity index (χ4n) is 4.05. The molecule has 1 fully saturated rings. The van der Waals surface area contributed by atoms with Gasteiger partial charge in [-0.2, -0.15) is 4.98 Å². The molecular weight excluding hydrogens is 420 g/mol. The summed E-state index contributed by atoms with van der Waals surface area (Å²) in [5.74, 6) is 2.48. The van der Waals surface area contributed by atoms with Crippen LogP contribution in [0.1, 0.15) is 48.5 Å². The summed E-state index contributed by atoms with van der Waals surface area (Å²) in [5.41, 5.74) is 2.67. The van der Waals surface area contributed by atoms with Crippen LogP contribution >= 0.6 is 0 Å². The molecule has 9 nitrogen and oxygen atoms in total. The molecule has 3 aromatic rings. The summed E-state index contributed by atoms with van der Waals surface area (Å²) in [5, 5.41) is 4.07. The summed E-state index contributed by atoms with van der Waals surface area (Å²) in [6.45, 7) is 6.57. The third-order valence-electron chi connectivity index (χ3n) is 5.81. The second-order valence-electron chi connectivity index (χ2n) is 7.86. The molecule has 2 aromatic heterocycles. The molecule has 0 saturated heterocycles. The molecule has 0 bridgehead atoms. The van der Waals surface area contributed by atoms with E-state index in [2.05, 4.69) is 14.9 Å². The van der Waals surface area contributed by atoms with E-state index in [4.69, 9.17) is 14.0 Å². The van der Waals surface area contributed by atoms with Crippen molar-refractivity contribution in [2.75, 3.05) is 6.79 Å². The third kappa shape index (κ3) is 3.49. The van der Waals surface area contributed by atoms with Gasteiger partial charge in [-0.15, -0.1) is 0 Å². The standard InChI is InChI=1S/C21H24N4O5S/c1-4-25-12(2)18(21-23-20(24-30-21)15-6-7-15)19(13(25)3)31(26,27)22-10-14-5-8-16-17(9-14)29-11-28-16/h5,8-9,15,22H,4,6-7,10-11H2,1-3H3. The SMILES string of the molecule is CCn1c(C)c(-c2nc(C3CC3)no2)c(S(=O)(=O)NCc2ccc3c(c2)OCO3)c1C. The Labute approximate surface area is 180 Å². The lowest BCUT2D eigenvalue weighted by Crippen LogP contribution is -2.24.